The largest absolute Gasteiger partial charge is 0.508 e. The molecule has 0 aliphatic rings. The molecular weight excluding hydrogens is 328 g/mol. The van der Waals surface area contributed by atoms with Gasteiger partial charge in [-0.3, -0.25) is 4.40 Å². The van der Waals surface area contributed by atoms with Crippen LogP contribution in [0.1, 0.15) is 11.1 Å². The van der Waals surface area contributed by atoms with Gasteiger partial charge >= 0.3 is 0 Å². The number of phenols is 1. The summed E-state index contributed by atoms with van der Waals surface area (Å²) in [5.41, 5.74) is 4.62. The Morgan fingerprint density at radius 2 is 1.65 bits per heavy atom. The Bertz CT molecular complexity index is 1020. The first-order valence-corrected chi connectivity index (χ1v) is 8.28. The smallest absolute Gasteiger partial charge is 0.180 e. The molecule has 2 aromatic carbocycles. The number of anilines is 1. The number of nitrogens with one attached hydrogen (secondary N) is 1. The van der Waals surface area contributed by atoms with Crippen molar-refractivity contribution in [2.75, 3.05) is 5.32 Å². The Labute approximate surface area is 150 Å². The van der Waals surface area contributed by atoms with E-state index >= 15 is 0 Å². The van der Waals surface area contributed by atoms with Gasteiger partial charge in [-0.25, -0.2) is 9.97 Å². The lowest BCUT2D eigenvalue weighted by molar-refractivity contribution is 0.282. The van der Waals surface area contributed by atoms with Gasteiger partial charge in [-0.1, -0.05) is 24.3 Å². The molecule has 0 fully saturated rings. The summed E-state index contributed by atoms with van der Waals surface area (Å²) in [6, 6.07) is 14.8. The number of fused-ring (bicyclic) bond motifs is 1. The molecule has 6 nitrogen and oxygen atoms in total. The van der Waals surface area contributed by atoms with Crippen LogP contribution in [0.25, 0.3) is 16.9 Å². The first-order chi connectivity index (χ1) is 12.7. The standard InChI is InChI=1S/C20H18N4O2/c25-13-15-3-1-14(2-4-15)11-22-19-20-23-12-18(24(20)10-9-21-19)16-5-7-17(26)8-6-16/h1-10,12,25-26H,11,13H2,(H,21,22). The molecule has 6 heteroatoms. The molecule has 0 amide bonds. The van der Waals surface area contributed by atoms with Crippen LogP contribution in [0.4, 0.5) is 5.82 Å². The lowest BCUT2D eigenvalue weighted by atomic mass is 10.1. The summed E-state index contributed by atoms with van der Waals surface area (Å²) in [5.74, 6) is 0.933. The van der Waals surface area contributed by atoms with E-state index in [-0.39, 0.29) is 12.4 Å². The van der Waals surface area contributed by atoms with Crippen molar-refractivity contribution in [2.45, 2.75) is 13.2 Å². The maximum absolute atomic E-state index is 9.47. The van der Waals surface area contributed by atoms with Crippen LogP contribution in [-0.4, -0.2) is 24.6 Å². The minimum atomic E-state index is 0.0443. The normalized spacial score (nSPS) is 11.0. The zero-order chi connectivity index (χ0) is 17.9. The summed E-state index contributed by atoms with van der Waals surface area (Å²) in [4.78, 5) is 8.90. The molecule has 4 rings (SSSR count). The fourth-order valence-corrected chi connectivity index (χ4v) is 2.84. The van der Waals surface area contributed by atoms with Gasteiger partial charge in [0.1, 0.15) is 5.75 Å². The molecule has 0 saturated heterocycles. The second-order valence-corrected chi connectivity index (χ2v) is 5.99. The van der Waals surface area contributed by atoms with Crippen LogP contribution >= 0.6 is 0 Å². The number of phenolic OH excluding ortho intramolecular Hbond substituents is 1. The SMILES string of the molecule is OCc1ccc(CNc2nccn3c(-c4ccc(O)cc4)cnc23)cc1. The van der Waals surface area contributed by atoms with E-state index in [1.807, 2.05) is 47.0 Å². The molecule has 2 aromatic heterocycles. The molecule has 2 heterocycles. The molecule has 0 aliphatic heterocycles. The Hall–Kier alpha value is -3.38. The van der Waals surface area contributed by atoms with E-state index in [0.717, 1.165) is 28.0 Å². The number of imidazole rings is 1. The number of rotatable bonds is 5. The van der Waals surface area contributed by atoms with Crippen molar-refractivity contribution in [3.8, 4) is 17.0 Å². The van der Waals surface area contributed by atoms with Gasteiger partial charge in [-0.15, -0.1) is 0 Å². The maximum Gasteiger partial charge on any atom is 0.180 e. The first-order valence-electron chi connectivity index (χ1n) is 8.28. The summed E-state index contributed by atoms with van der Waals surface area (Å²) in [5, 5.41) is 21.9. The molecule has 0 radical (unpaired) electrons. The highest BCUT2D eigenvalue weighted by Crippen LogP contribution is 2.25. The van der Waals surface area contributed by atoms with Crippen LogP contribution in [0.2, 0.25) is 0 Å². The van der Waals surface area contributed by atoms with Crippen molar-refractivity contribution in [3.05, 3.63) is 78.2 Å². The minimum absolute atomic E-state index is 0.0443. The van der Waals surface area contributed by atoms with Crippen molar-refractivity contribution >= 4 is 11.5 Å². The van der Waals surface area contributed by atoms with Crippen LogP contribution in [-0.2, 0) is 13.2 Å². The van der Waals surface area contributed by atoms with Crippen molar-refractivity contribution in [1.82, 2.24) is 14.4 Å². The van der Waals surface area contributed by atoms with Gasteiger partial charge in [0.2, 0.25) is 0 Å². The Morgan fingerprint density at radius 1 is 0.923 bits per heavy atom. The molecule has 26 heavy (non-hydrogen) atoms. The van der Waals surface area contributed by atoms with Gasteiger partial charge in [-0.2, -0.15) is 0 Å². The topological polar surface area (TPSA) is 82.7 Å². The number of aliphatic hydroxyl groups excluding tert-OH is 1. The van der Waals surface area contributed by atoms with Gasteiger partial charge in [0.15, 0.2) is 11.5 Å². The molecule has 130 valence electrons. The Morgan fingerprint density at radius 3 is 2.38 bits per heavy atom. The first kappa shape index (κ1) is 16.1. The van der Waals surface area contributed by atoms with Crippen molar-refractivity contribution in [2.24, 2.45) is 0 Å². The Kier molecular flexibility index (Phi) is 4.25. The summed E-state index contributed by atoms with van der Waals surface area (Å²) < 4.78 is 1.97. The van der Waals surface area contributed by atoms with Crippen LogP contribution in [0.3, 0.4) is 0 Å². The fourth-order valence-electron chi connectivity index (χ4n) is 2.84. The third-order valence-corrected chi connectivity index (χ3v) is 4.26. The highest BCUT2D eigenvalue weighted by atomic mass is 16.3. The number of nitrogens with zero attached hydrogens (tertiary/aromatic N) is 3. The van der Waals surface area contributed by atoms with Crippen LogP contribution in [0.15, 0.2) is 67.1 Å². The zero-order valence-electron chi connectivity index (χ0n) is 14.0. The number of hydrogen-bond donors (Lipinski definition) is 3. The molecule has 3 N–H and O–H groups in total. The predicted octanol–water partition coefficient (Wildman–Crippen LogP) is 3.21. The minimum Gasteiger partial charge on any atom is -0.508 e. The lowest BCUT2D eigenvalue weighted by Gasteiger charge is -2.08. The third kappa shape index (κ3) is 3.10. The predicted molar refractivity (Wildman–Crippen MR) is 99.8 cm³/mol. The van der Waals surface area contributed by atoms with Gasteiger partial charge in [0.05, 0.1) is 18.5 Å². The molecule has 0 atom stereocenters. The molecule has 0 spiro atoms. The number of aromatic hydroxyl groups is 1. The molecular formula is C20H18N4O2. The molecule has 0 bridgehead atoms. The number of hydrogen-bond acceptors (Lipinski definition) is 5. The highest BCUT2D eigenvalue weighted by Gasteiger charge is 2.10. The summed E-state index contributed by atoms with van der Waals surface area (Å²) in [7, 11) is 0. The van der Waals surface area contributed by atoms with Gasteiger partial charge in [-0.05, 0) is 35.4 Å². The maximum atomic E-state index is 9.47. The van der Waals surface area contributed by atoms with Crippen molar-refractivity contribution < 1.29 is 10.2 Å². The van der Waals surface area contributed by atoms with Crippen LogP contribution in [0.5, 0.6) is 5.75 Å². The van der Waals surface area contributed by atoms with E-state index in [4.69, 9.17) is 5.11 Å². The van der Waals surface area contributed by atoms with E-state index < -0.39 is 0 Å². The second kappa shape index (κ2) is 6.85. The van der Waals surface area contributed by atoms with E-state index in [1.54, 1.807) is 24.5 Å². The molecule has 0 unspecified atom stereocenters. The van der Waals surface area contributed by atoms with Crippen molar-refractivity contribution in [3.63, 3.8) is 0 Å². The van der Waals surface area contributed by atoms with E-state index in [2.05, 4.69) is 15.3 Å². The average molecular weight is 346 g/mol. The van der Waals surface area contributed by atoms with E-state index in [0.29, 0.717) is 12.4 Å². The molecule has 4 aromatic rings. The number of aliphatic hydroxyl groups is 1. The lowest BCUT2D eigenvalue weighted by Crippen LogP contribution is -2.04. The second-order valence-electron chi connectivity index (χ2n) is 5.99. The van der Waals surface area contributed by atoms with Crippen molar-refractivity contribution in [1.29, 1.82) is 0 Å². The monoisotopic (exact) mass is 346 g/mol. The highest BCUT2D eigenvalue weighted by molar-refractivity contribution is 5.70. The molecule has 0 aliphatic carbocycles. The van der Waals surface area contributed by atoms with E-state index in [9.17, 15) is 5.11 Å². The van der Waals surface area contributed by atoms with Gasteiger partial charge in [0, 0.05) is 24.5 Å². The number of benzene rings is 2. The average Bonchev–Trinajstić information content (AvgIpc) is 3.12. The Balaban J connectivity index is 1.61. The van der Waals surface area contributed by atoms with Crippen LogP contribution < -0.4 is 5.32 Å². The summed E-state index contributed by atoms with van der Waals surface area (Å²) >= 11 is 0. The number of aromatic nitrogens is 3. The summed E-state index contributed by atoms with van der Waals surface area (Å²) in [6.07, 6.45) is 5.39. The van der Waals surface area contributed by atoms with Gasteiger partial charge < -0.3 is 15.5 Å². The quantitative estimate of drug-likeness (QED) is 0.517. The van der Waals surface area contributed by atoms with E-state index in [1.165, 1.54) is 0 Å². The zero-order valence-corrected chi connectivity index (χ0v) is 14.0. The molecule has 0 saturated carbocycles. The fraction of sp³-hybridized carbons (Fsp3) is 0.100. The van der Waals surface area contributed by atoms with Crippen LogP contribution in [0, 0.1) is 0 Å². The van der Waals surface area contributed by atoms with Gasteiger partial charge in [0.25, 0.3) is 0 Å². The third-order valence-electron chi connectivity index (χ3n) is 4.26. The summed E-state index contributed by atoms with van der Waals surface area (Å²) in [6.45, 7) is 0.655.